The van der Waals surface area contributed by atoms with Crippen LogP contribution in [0, 0.1) is 0 Å². The molecule has 0 aliphatic carbocycles. The van der Waals surface area contributed by atoms with Gasteiger partial charge >= 0.3 is 6.03 Å². The van der Waals surface area contributed by atoms with Crippen molar-refractivity contribution in [2.45, 2.75) is 6.42 Å². The van der Waals surface area contributed by atoms with Crippen molar-refractivity contribution in [2.75, 3.05) is 6.54 Å². The van der Waals surface area contributed by atoms with E-state index >= 15 is 0 Å². The zero-order chi connectivity index (χ0) is 12.1. The Bertz CT molecular complexity index is 443. The summed E-state index contributed by atoms with van der Waals surface area (Å²) < 4.78 is 2.69. The molecule has 2 aromatic heterocycles. The zero-order valence-corrected chi connectivity index (χ0v) is 8.98. The van der Waals surface area contributed by atoms with Gasteiger partial charge in [0.05, 0.1) is 0 Å². The van der Waals surface area contributed by atoms with E-state index in [0.717, 1.165) is 0 Å². The van der Waals surface area contributed by atoms with Crippen LogP contribution in [0.3, 0.4) is 0 Å². The number of carbonyl (C=O) groups is 2. The molecule has 1 amide bonds. The molecule has 0 aromatic carbocycles. The minimum atomic E-state index is -0.305. The molecule has 0 bridgehead atoms. The van der Waals surface area contributed by atoms with Crippen LogP contribution in [-0.2, 0) is 0 Å². The topological polar surface area (TPSA) is 81.8 Å². The van der Waals surface area contributed by atoms with Crippen LogP contribution in [0.15, 0.2) is 37.4 Å². The van der Waals surface area contributed by atoms with E-state index in [1.54, 1.807) is 6.20 Å². The average molecular weight is 233 g/mol. The van der Waals surface area contributed by atoms with E-state index in [0.29, 0.717) is 0 Å². The highest BCUT2D eigenvalue weighted by atomic mass is 16.2. The molecule has 0 saturated heterocycles. The first-order chi connectivity index (χ1) is 8.27. The molecule has 0 spiro atoms. The fraction of sp³-hybridized carbons (Fsp3) is 0.200. The van der Waals surface area contributed by atoms with Crippen LogP contribution in [0.5, 0.6) is 0 Å². The van der Waals surface area contributed by atoms with E-state index in [1.165, 1.54) is 40.4 Å². The van der Waals surface area contributed by atoms with Gasteiger partial charge in [-0.25, -0.2) is 14.8 Å². The van der Waals surface area contributed by atoms with Gasteiger partial charge in [0.25, 0.3) is 0 Å². The van der Waals surface area contributed by atoms with Crippen molar-refractivity contribution in [1.82, 2.24) is 24.4 Å². The summed E-state index contributed by atoms with van der Waals surface area (Å²) in [5.41, 5.74) is 0. The van der Waals surface area contributed by atoms with Gasteiger partial charge in [-0.15, -0.1) is 0 Å². The minimum Gasteiger partial charge on any atom is -0.337 e. The van der Waals surface area contributed by atoms with Gasteiger partial charge in [0, 0.05) is 37.8 Å². The molecule has 17 heavy (non-hydrogen) atoms. The van der Waals surface area contributed by atoms with Crippen molar-refractivity contribution in [2.24, 2.45) is 0 Å². The summed E-state index contributed by atoms with van der Waals surface area (Å²) in [6, 6.07) is -0.305. The minimum absolute atomic E-state index is 0.117. The quantitative estimate of drug-likeness (QED) is 0.830. The van der Waals surface area contributed by atoms with Gasteiger partial charge < -0.3 is 5.32 Å². The van der Waals surface area contributed by atoms with E-state index < -0.39 is 0 Å². The molecule has 1 N–H and O–H groups in total. The highest BCUT2D eigenvalue weighted by molar-refractivity contribution is 5.80. The standard InChI is InChI=1S/C10H11N5O2/c16-9(14-5-3-11-7-14)1-2-13-10(17)15-6-4-12-8-15/h3-8H,1-2H2,(H,13,17). The maximum atomic E-state index is 11.5. The molecule has 0 unspecified atom stereocenters. The molecule has 2 heterocycles. The number of nitrogens with one attached hydrogen (secondary N) is 1. The largest absolute Gasteiger partial charge is 0.337 e. The predicted molar refractivity (Wildman–Crippen MR) is 58.5 cm³/mol. The van der Waals surface area contributed by atoms with Crippen LogP contribution in [0.25, 0.3) is 0 Å². The summed E-state index contributed by atoms with van der Waals surface area (Å²) in [6.45, 7) is 0.272. The predicted octanol–water partition coefficient (Wildman–Crippen LogP) is 0.368. The van der Waals surface area contributed by atoms with Gasteiger partial charge in [-0.2, -0.15) is 0 Å². The lowest BCUT2D eigenvalue weighted by Crippen LogP contribution is -2.30. The monoisotopic (exact) mass is 233 g/mol. The Kier molecular flexibility index (Phi) is 3.29. The van der Waals surface area contributed by atoms with Crippen LogP contribution in [0.2, 0.25) is 0 Å². The Morgan fingerprint density at radius 2 is 1.71 bits per heavy atom. The second kappa shape index (κ2) is 5.06. The number of amides is 1. The molecular formula is C10H11N5O2. The molecule has 0 atom stereocenters. The fourth-order valence-corrected chi connectivity index (χ4v) is 1.28. The number of carbonyl (C=O) groups excluding carboxylic acids is 2. The number of hydrogen-bond donors (Lipinski definition) is 1. The molecule has 0 fully saturated rings. The molecular weight excluding hydrogens is 222 g/mol. The Morgan fingerprint density at radius 3 is 2.29 bits per heavy atom. The molecule has 0 radical (unpaired) electrons. The van der Waals surface area contributed by atoms with Crippen molar-refractivity contribution in [1.29, 1.82) is 0 Å². The average Bonchev–Trinajstić information content (AvgIpc) is 3.02. The van der Waals surface area contributed by atoms with Crippen molar-refractivity contribution in [3.63, 3.8) is 0 Å². The van der Waals surface area contributed by atoms with Gasteiger partial charge in [-0.05, 0) is 0 Å². The molecule has 0 aliphatic heterocycles. The Morgan fingerprint density at radius 1 is 1.06 bits per heavy atom. The third-order valence-corrected chi connectivity index (χ3v) is 2.15. The number of rotatable bonds is 3. The lowest BCUT2D eigenvalue weighted by atomic mass is 10.4. The van der Waals surface area contributed by atoms with Gasteiger partial charge in [-0.1, -0.05) is 0 Å². The molecule has 7 nitrogen and oxygen atoms in total. The van der Waals surface area contributed by atoms with Crippen molar-refractivity contribution in [3.05, 3.63) is 37.4 Å². The smallest absolute Gasteiger partial charge is 0.326 e. The molecule has 88 valence electrons. The Labute approximate surface area is 97.1 Å². The summed E-state index contributed by atoms with van der Waals surface area (Å²) >= 11 is 0. The summed E-state index contributed by atoms with van der Waals surface area (Å²) in [7, 11) is 0. The van der Waals surface area contributed by atoms with Gasteiger partial charge in [0.15, 0.2) is 0 Å². The fourth-order valence-electron chi connectivity index (χ4n) is 1.28. The lowest BCUT2D eigenvalue weighted by Gasteiger charge is -2.04. The second-order valence-corrected chi connectivity index (χ2v) is 3.32. The summed E-state index contributed by atoms with van der Waals surface area (Å²) in [5, 5.41) is 2.61. The number of imidazole rings is 2. The summed E-state index contributed by atoms with van der Waals surface area (Å²) in [5.74, 6) is -0.117. The highest BCUT2D eigenvalue weighted by Gasteiger charge is 2.06. The van der Waals surface area contributed by atoms with E-state index in [4.69, 9.17) is 0 Å². The first-order valence-corrected chi connectivity index (χ1v) is 5.04. The zero-order valence-electron chi connectivity index (χ0n) is 8.98. The maximum Gasteiger partial charge on any atom is 0.326 e. The van der Waals surface area contributed by atoms with Crippen LogP contribution in [0.4, 0.5) is 4.79 Å². The molecule has 2 aromatic rings. The normalized spacial score (nSPS) is 10.1. The number of nitrogens with zero attached hydrogens (tertiary/aromatic N) is 4. The second-order valence-electron chi connectivity index (χ2n) is 3.32. The Balaban J connectivity index is 1.77. The molecule has 0 saturated carbocycles. The summed E-state index contributed by atoms with van der Waals surface area (Å²) in [6.07, 6.45) is 9.19. The lowest BCUT2D eigenvalue weighted by molar-refractivity contribution is 0.0903. The van der Waals surface area contributed by atoms with Crippen LogP contribution in [0.1, 0.15) is 11.2 Å². The number of aromatic nitrogens is 4. The third-order valence-electron chi connectivity index (χ3n) is 2.15. The van der Waals surface area contributed by atoms with Crippen molar-refractivity contribution in [3.8, 4) is 0 Å². The van der Waals surface area contributed by atoms with Crippen LogP contribution in [-0.4, -0.2) is 37.6 Å². The molecule has 7 heteroatoms. The molecule has 0 aliphatic rings. The van der Waals surface area contributed by atoms with E-state index in [9.17, 15) is 9.59 Å². The van der Waals surface area contributed by atoms with Crippen molar-refractivity contribution >= 4 is 11.9 Å². The van der Waals surface area contributed by atoms with E-state index in [2.05, 4.69) is 15.3 Å². The molecule has 2 rings (SSSR count). The summed E-state index contributed by atoms with van der Waals surface area (Å²) in [4.78, 5) is 30.5. The van der Waals surface area contributed by atoms with E-state index in [-0.39, 0.29) is 24.9 Å². The highest BCUT2D eigenvalue weighted by Crippen LogP contribution is 1.91. The van der Waals surface area contributed by atoms with Gasteiger partial charge in [0.1, 0.15) is 12.7 Å². The van der Waals surface area contributed by atoms with Crippen LogP contribution < -0.4 is 5.32 Å². The Hall–Kier alpha value is -2.44. The van der Waals surface area contributed by atoms with Crippen LogP contribution >= 0.6 is 0 Å². The maximum absolute atomic E-state index is 11.5. The first-order valence-electron chi connectivity index (χ1n) is 5.04. The van der Waals surface area contributed by atoms with Gasteiger partial charge in [0.2, 0.25) is 5.91 Å². The first kappa shape index (κ1) is 11.1. The SMILES string of the molecule is O=C(CCNC(=O)n1ccnc1)n1ccnc1. The number of hydrogen-bond acceptors (Lipinski definition) is 4. The van der Waals surface area contributed by atoms with E-state index in [1.807, 2.05) is 0 Å². The third kappa shape index (κ3) is 2.77. The van der Waals surface area contributed by atoms with Crippen molar-refractivity contribution < 1.29 is 9.59 Å². The van der Waals surface area contributed by atoms with Gasteiger partial charge in [-0.3, -0.25) is 13.9 Å².